The van der Waals surface area contributed by atoms with Crippen molar-refractivity contribution in [3.63, 3.8) is 0 Å². The van der Waals surface area contributed by atoms with E-state index < -0.39 is 5.41 Å². The van der Waals surface area contributed by atoms with Crippen LogP contribution in [0.2, 0.25) is 0 Å². The number of nitrogens with zero attached hydrogens (tertiary/aromatic N) is 3. The van der Waals surface area contributed by atoms with Crippen LogP contribution < -0.4 is 0 Å². The average molecular weight is 261 g/mol. The third kappa shape index (κ3) is 2.25. The lowest BCUT2D eigenvalue weighted by Crippen LogP contribution is -2.43. The van der Waals surface area contributed by atoms with Crippen molar-refractivity contribution in [3.8, 4) is 6.07 Å². The predicted octanol–water partition coefficient (Wildman–Crippen LogP) is 1.77. The molecule has 3 fully saturated rings. The van der Waals surface area contributed by atoms with Gasteiger partial charge in [0.2, 0.25) is 5.91 Å². The molecule has 19 heavy (non-hydrogen) atoms. The third-order valence-electron chi connectivity index (χ3n) is 5.19. The summed E-state index contributed by atoms with van der Waals surface area (Å²) in [5.41, 5.74) is -0.681. The molecule has 2 aliphatic heterocycles. The van der Waals surface area contributed by atoms with Crippen LogP contribution in [-0.4, -0.2) is 47.9 Å². The van der Waals surface area contributed by atoms with Gasteiger partial charge in [0.25, 0.3) is 0 Å². The van der Waals surface area contributed by atoms with Crippen LogP contribution >= 0.6 is 0 Å². The largest absolute Gasteiger partial charge is 0.340 e. The maximum atomic E-state index is 12.6. The van der Waals surface area contributed by atoms with Crippen molar-refractivity contribution in [2.45, 2.75) is 51.0 Å². The molecule has 0 bridgehead atoms. The Labute approximate surface area is 115 Å². The van der Waals surface area contributed by atoms with Crippen molar-refractivity contribution >= 4 is 5.91 Å². The minimum Gasteiger partial charge on any atom is -0.340 e. The zero-order chi connectivity index (χ0) is 13.3. The fraction of sp³-hybridized carbons (Fsp3) is 0.867. The molecule has 0 aromatic carbocycles. The van der Waals surface area contributed by atoms with E-state index in [0.717, 1.165) is 45.2 Å². The van der Waals surface area contributed by atoms with E-state index >= 15 is 0 Å². The van der Waals surface area contributed by atoms with Gasteiger partial charge < -0.3 is 4.90 Å². The summed E-state index contributed by atoms with van der Waals surface area (Å²) in [5.74, 6) is 0.120. The van der Waals surface area contributed by atoms with Crippen molar-refractivity contribution in [3.05, 3.63) is 0 Å². The second-order valence-electron chi connectivity index (χ2n) is 6.34. The topological polar surface area (TPSA) is 47.3 Å². The van der Waals surface area contributed by atoms with Gasteiger partial charge >= 0.3 is 0 Å². The molecule has 3 aliphatic rings. The highest BCUT2D eigenvalue weighted by Crippen LogP contribution is 2.40. The summed E-state index contributed by atoms with van der Waals surface area (Å²) in [4.78, 5) is 17.1. The van der Waals surface area contributed by atoms with Gasteiger partial charge in [-0.3, -0.25) is 9.69 Å². The van der Waals surface area contributed by atoms with Gasteiger partial charge in [0.15, 0.2) is 0 Å². The number of hydrogen-bond donors (Lipinski definition) is 0. The summed E-state index contributed by atoms with van der Waals surface area (Å²) in [6.45, 7) is 4.08. The molecule has 2 saturated heterocycles. The van der Waals surface area contributed by atoms with Gasteiger partial charge in [0.05, 0.1) is 6.07 Å². The van der Waals surface area contributed by atoms with Crippen LogP contribution in [0.4, 0.5) is 0 Å². The molecular formula is C15H23N3O. The smallest absolute Gasteiger partial charge is 0.243 e. The number of carbonyl (C=O) groups excluding carboxylic acids is 1. The van der Waals surface area contributed by atoms with E-state index in [1.807, 2.05) is 4.90 Å². The molecule has 0 aromatic heterocycles. The van der Waals surface area contributed by atoms with Crippen LogP contribution in [0.3, 0.4) is 0 Å². The highest BCUT2D eigenvalue weighted by Gasteiger charge is 2.46. The molecule has 1 atom stereocenters. The molecule has 1 saturated carbocycles. The SMILES string of the molecule is N#CC1(C(=O)N2CCC(N3CCCC3)C2)CCCC1. The van der Waals surface area contributed by atoms with E-state index in [2.05, 4.69) is 11.0 Å². The van der Waals surface area contributed by atoms with E-state index in [1.165, 1.54) is 25.9 Å². The summed E-state index contributed by atoms with van der Waals surface area (Å²) >= 11 is 0. The van der Waals surface area contributed by atoms with Crippen LogP contribution in [0.1, 0.15) is 44.9 Å². The summed E-state index contributed by atoms with van der Waals surface area (Å²) in [7, 11) is 0. The highest BCUT2D eigenvalue weighted by molar-refractivity contribution is 5.86. The standard InChI is InChI=1S/C15H23N3O/c16-12-15(6-1-2-7-15)14(19)18-10-5-13(11-18)17-8-3-4-9-17/h13H,1-11H2. The second-order valence-corrected chi connectivity index (χ2v) is 6.34. The molecule has 0 spiro atoms. The van der Waals surface area contributed by atoms with Gasteiger partial charge in [-0.05, 0) is 45.2 Å². The van der Waals surface area contributed by atoms with Crippen molar-refractivity contribution in [1.29, 1.82) is 5.26 Å². The van der Waals surface area contributed by atoms with Crippen LogP contribution in [0.15, 0.2) is 0 Å². The first-order valence-electron chi connectivity index (χ1n) is 7.70. The number of likely N-dealkylation sites (tertiary alicyclic amines) is 2. The van der Waals surface area contributed by atoms with Gasteiger partial charge in [0, 0.05) is 19.1 Å². The molecule has 1 amide bonds. The second kappa shape index (κ2) is 5.13. The van der Waals surface area contributed by atoms with Crippen LogP contribution in [0, 0.1) is 16.7 Å². The Morgan fingerprint density at radius 3 is 2.42 bits per heavy atom. The number of nitriles is 1. The maximum absolute atomic E-state index is 12.6. The molecule has 3 rings (SSSR count). The fourth-order valence-electron chi connectivity index (χ4n) is 3.99. The first kappa shape index (κ1) is 12.9. The lowest BCUT2D eigenvalue weighted by Gasteiger charge is -2.28. The minimum atomic E-state index is -0.681. The quantitative estimate of drug-likeness (QED) is 0.761. The number of carbonyl (C=O) groups is 1. The van der Waals surface area contributed by atoms with E-state index in [1.54, 1.807) is 0 Å². The Bertz CT molecular complexity index is 389. The third-order valence-corrected chi connectivity index (χ3v) is 5.19. The molecule has 4 nitrogen and oxygen atoms in total. The molecular weight excluding hydrogens is 238 g/mol. The molecule has 0 radical (unpaired) electrons. The summed E-state index contributed by atoms with van der Waals surface area (Å²) in [6.07, 6.45) is 7.29. The zero-order valence-electron chi connectivity index (χ0n) is 11.6. The minimum absolute atomic E-state index is 0.120. The van der Waals surface area contributed by atoms with Gasteiger partial charge in [-0.2, -0.15) is 5.26 Å². The Kier molecular flexibility index (Phi) is 3.49. The molecule has 1 aliphatic carbocycles. The summed E-state index contributed by atoms with van der Waals surface area (Å²) < 4.78 is 0. The lowest BCUT2D eigenvalue weighted by atomic mass is 9.86. The Morgan fingerprint density at radius 1 is 1.11 bits per heavy atom. The first-order valence-corrected chi connectivity index (χ1v) is 7.70. The maximum Gasteiger partial charge on any atom is 0.243 e. The van der Waals surface area contributed by atoms with Gasteiger partial charge in [-0.1, -0.05) is 12.8 Å². The monoisotopic (exact) mass is 261 g/mol. The normalized spacial score (nSPS) is 30.7. The Balaban J connectivity index is 1.64. The summed E-state index contributed by atoms with van der Waals surface area (Å²) in [5, 5.41) is 9.42. The van der Waals surface area contributed by atoms with Crippen LogP contribution in [-0.2, 0) is 4.79 Å². The van der Waals surface area contributed by atoms with E-state index in [9.17, 15) is 10.1 Å². The molecule has 2 heterocycles. The van der Waals surface area contributed by atoms with Gasteiger partial charge in [-0.15, -0.1) is 0 Å². The van der Waals surface area contributed by atoms with Gasteiger partial charge in [0.1, 0.15) is 5.41 Å². The lowest BCUT2D eigenvalue weighted by molar-refractivity contribution is -0.137. The van der Waals surface area contributed by atoms with E-state index in [4.69, 9.17) is 0 Å². The molecule has 4 heteroatoms. The number of amides is 1. The highest BCUT2D eigenvalue weighted by atomic mass is 16.2. The molecule has 1 unspecified atom stereocenters. The average Bonchev–Trinajstić information content (AvgIpc) is 3.17. The predicted molar refractivity (Wildman–Crippen MR) is 72.3 cm³/mol. The fourth-order valence-corrected chi connectivity index (χ4v) is 3.99. The van der Waals surface area contributed by atoms with E-state index in [-0.39, 0.29) is 5.91 Å². The Hall–Kier alpha value is -1.08. The molecule has 0 aromatic rings. The molecule has 104 valence electrons. The van der Waals surface area contributed by atoms with Crippen molar-refractivity contribution in [2.24, 2.45) is 5.41 Å². The van der Waals surface area contributed by atoms with Gasteiger partial charge in [-0.25, -0.2) is 0 Å². The zero-order valence-corrected chi connectivity index (χ0v) is 11.6. The van der Waals surface area contributed by atoms with Crippen LogP contribution in [0.25, 0.3) is 0 Å². The van der Waals surface area contributed by atoms with Crippen molar-refractivity contribution in [1.82, 2.24) is 9.80 Å². The van der Waals surface area contributed by atoms with Crippen molar-refractivity contribution in [2.75, 3.05) is 26.2 Å². The van der Waals surface area contributed by atoms with E-state index in [0.29, 0.717) is 6.04 Å². The Morgan fingerprint density at radius 2 is 1.79 bits per heavy atom. The number of rotatable bonds is 2. The first-order chi connectivity index (χ1) is 9.25. The summed E-state index contributed by atoms with van der Waals surface area (Å²) in [6, 6.07) is 2.88. The molecule has 0 N–H and O–H groups in total. The number of hydrogen-bond acceptors (Lipinski definition) is 3. The van der Waals surface area contributed by atoms with Crippen molar-refractivity contribution < 1.29 is 4.79 Å². The van der Waals surface area contributed by atoms with Crippen LogP contribution in [0.5, 0.6) is 0 Å².